The zero-order valence-corrected chi connectivity index (χ0v) is 15.8. The highest BCUT2D eigenvalue weighted by Crippen LogP contribution is 2.10. The molecule has 2 rings (SSSR count). The van der Waals surface area contributed by atoms with Crippen molar-refractivity contribution in [2.45, 2.75) is 6.42 Å². The maximum atomic E-state index is 12.0. The number of amides is 1. The third-order valence-electron chi connectivity index (χ3n) is 3.58. The molecule has 0 atom stereocenters. The average molecular weight is 403 g/mol. The van der Waals surface area contributed by atoms with Crippen molar-refractivity contribution in [2.75, 3.05) is 26.7 Å². The van der Waals surface area contributed by atoms with E-state index in [1.54, 1.807) is 19.2 Å². The number of rotatable bonds is 7. The summed E-state index contributed by atoms with van der Waals surface area (Å²) in [5.41, 5.74) is 1.93. The number of nitrogens with one attached hydrogen (secondary N) is 3. The van der Waals surface area contributed by atoms with Gasteiger partial charge in [-0.15, -0.1) is 0 Å². The Hall–Kier alpha value is -2.34. The Labute approximate surface area is 157 Å². The van der Waals surface area contributed by atoms with Crippen LogP contribution in [0.4, 0.5) is 0 Å². The van der Waals surface area contributed by atoms with Gasteiger partial charge in [0.15, 0.2) is 5.96 Å². The van der Waals surface area contributed by atoms with Crippen molar-refractivity contribution >= 4 is 27.8 Å². The van der Waals surface area contributed by atoms with E-state index in [1.165, 1.54) is 5.56 Å². The summed E-state index contributed by atoms with van der Waals surface area (Å²) in [6.07, 6.45) is 0.932. The number of carbonyl (C=O) groups excluding carboxylic acids is 1. The van der Waals surface area contributed by atoms with Gasteiger partial charge in [-0.2, -0.15) is 0 Å². The molecule has 0 spiro atoms. The average Bonchev–Trinajstić information content (AvgIpc) is 2.65. The maximum absolute atomic E-state index is 12.0. The van der Waals surface area contributed by atoms with Crippen molar-refractivity contribution in [1.82, 2.24) is 16.0 Å². The number of halogens is 1. The summed E-state index contributed by atoms with van der Waals surface area (Å²) in [5, 5.41) is 9.33. The molecule has 0 unspecified atom stereocenters. The second-order valence-corrected chi connectivity index (χ2v) is 6.34. The van der Waals surface area contributed by atoms with Gasteiger partial charge < -0.3 is 16.0 Å². The lowest BCUT2D eigenvalue weighted by Crippen LogP contribution is -2.42. The summed E-state index contributed by atoms with van der Waals surface area (Å²) in [4.78, 5) is 16.2. The number of carbonyl (C=O) groups is 1. The molecule has 2 aromatic carbocycles. The zero-order chi connectivity index (χ0) is 17.9. The van der Waals surface area contributed by atoms with E-state index >= 15 is 0 Å². The van der Waals surface area contributed by atoms with Crippen molar-refractivity contribution in [2.24, 2.45) is 4.99 Å². The first-order chi connectivity index (χ1) is 12.2. The van der Waals surface area contributed by atoms with E-state index in [0.717, 1.165) is 23.4 Å². The SMILES string of the molecule is CN=C(NCCNC(=O)c1ccc(Br)cc1)NCCc1ccccc1. The summed E-state index contributed by atoms with van der Waals surface area (Å²) >= 11 is 3.36. The minimum atomic E-state index is -0.0821. The molecule has 6 heteroatoms. The minimum Gasteiger partial charge on any atom is -0.356 e. The molecule has 0 bridgehead atoms. The van der Waals surface area contributed by atoms with Crippen LogP contribution in [0.5, 0.6) is 0 Å². The molecular formula is C19H23BrN4O. The van der Waals surface area contributed by atoms with Gasteiger partial charge in [0, 0.05) is 36.7 Å². The molecule has 2 aromatic rings. The smallest absolute Gasteiger partial charge is 0.251 e. The number of benzene rings is 2. The standard InChI is InChI=1S/C19H23BrN4O/c1-21-19(23-12-11-15-5-3-2-4-6-15)24-14-13-22-18(25)16-7-9-17(20)10-8-16/h2-10H,11-14H2,1H3,(H,22,25)(H2,21,23,24). The highest BCUT2D eigenvalue weighted by Gasteiger charge is 2.04. The first-order valence-electron chi connectivity index (χ1n) is 8.21. The molecule has 0 radical (unpaired) electrons. The molecule has 0 aromatic heterocycles. The summed E-state index contributed by atoms with van der Waals surface area (Å²) in [6, 6.07) is 17.6. The number of nitrogens with zero attached hydrogens (tertiary/aromatic N) is 1. The normalized spacial score (nSPS) is 11.0. The Morgan fingerprint density at radius 2 is 1.56 bits per heavy atom. The Morgan fingerprint density at radius 3 is 2.24 bits per heavy atom. The first-order valence-corrected chi connectivity index (χ1v) is 9.00. The van der Waals surface area contributed by atoms with E-state index < -0.39 is 0 Å². The molecule has 0 aliphatic heterocycles. The van der Waals surface area contributed by atoms with E-state index in [1.807, 2.05) is 30.3 Å². The van der Waals surface area contributed by atoms with Crippen molar-refractivity contribution < 1.29 is 4.79 Å². The fraction of sp³-hybridized carbons (Fsp3) is 0.263. The van der Waals surface area contributed by atoms with Gasteiger partial charge in [0.25, 0.3) is 5.91 Å². The molecule has 3 N–H and O–H groups in total. The third kappa shape index (κ3) is 6.97. The number of hydrogen-bond acceptors (Lipinski definition) is 2. The zero-order valence-electron chi connectivity index (χ0n) is 14.3. The lowest BCUT2D eigenvalue weighted by atomic mass is 10.1. The second kappa shape index (κ2) is 10.5. The van der Waals surface area contributed by atoms with E-state index in [0.29, 0.717) is 18.7 Å². The largest absolute Gasteiger partial charge is 0.356 e. The van der Waals surface area contributed by atoms with Crippen LogP contribution >= 0.6 is 15.9 Å². The van der Waals surface area contributed by atoms with Crippen molar-refractivity contribution in [3.63, 3.8) is 0 Å². The van der Waals surface area contributed by atoms with Crippen LogP contribution in [0.15, 0.2) is 64.1 Å². The predicted octanol–water partition coefficient (Wildman–Crippen LogP) is 2.59. The Kier molecular flexibility index (Phi) is 7.98. The Bertz CT molecular complexity index is 686. The molecule has 25 heavy (non-hydrogen) atoms. The number of aliphatic imine (C=N–C) groups is 1. The maximum Gasteiger partial charge on any atom is 0.251 e. The summed E-state index contributed by atoms with van der Waals surface area (Å²) < 4.78 is 0.955. The third-order valence-corrected chi connectivity index (χ3v) is 4.11. The topological polar surface area (TPSA) is 65.5 Å². The van der Waals surface area contributed by atoms with Gasteiger partial charge in [-0.1, -0.05) is 46.3 Å². The fourth-order valence-corrected chi connectivity index (χ4v) is 2.52. The van der Waals surface area contributed by atoms with Crippen LogP contribution in [-0.4, -0.2) is 38.5 Å². The van der Waals surface area contributed by atoms with E-state index in [9.17, 15) is 4.79 Å². The summed E-state index contributed by atoms with van der Waals surface area (Å²) in [7, 11) is 1.73. The van der Waals surface area contributed by atoms with Crippen LogP contribution < -0.4 is 16.0 Å². The van der Waals surface area contributed by atoms with Crippen LogP contribution in [-0.2, 0) is 6.42 Å². The van der Waals surface area contributed by atoms with Gasteiger partial charge in [-0.05, 0) is 36.2 Å². The molecule has 0 heterocycles. The van der Waals surface area contributed by atoms with Crippen molar-refractivity contribution in [3.8, 4) is 0 Å². The Balaban J connectivity index is 1.63. The minimum absolute atomic E-state index is 0.0821. The lowest BCUT2D eigenvalue weighted by molar-refractivity contribution is 0.0954. The second-order valence-electron chi connectivity index (χ2n) is 5.42. The van der Waals surface area contributed by atoms with E-state index in [2.05, 4.69) is 49.0 Å². The molecule has 132 valence electrons. The highest BCUT2D eigenvalue weighted by atomic mass is 79.9. The molecule has 0 saturated carbocycles. The van der Waals surface area contributed by atoms with Crippen LogP contribution in [0.1, 0.15) is 15.9 Å². The predicted molar refractivity (Wildman–Crippen MR) is 106 cm³/mol. The molecule has 5 nitrogen and oxygen atoms in total. The van der Waals surface area contributed by atoms with Crippen molar-refractivity contribution in [3.05, 3.63) is 70.2 Å². The molecule has 0 aliphatic rings. The van der Waals surface area contributed by atoms with Gasteiger partial charge in [0.2, 0.25) is 0 Å². The van der Waals surface area contributed by atoms with Gasteiger partial charge in [-0.25, -0.2) is 0 Å². The molecular weight excluding hydrogens is 380 g/mol. The molecule has 0 saturated heterocycles. The first kappa shape index (κ1) is 19.0. The van der Waals surface area contributed by atoms with E-state index in [-0.39, 0.29) is 5.91 Å². The van der Waals surface area contributed by atoms with Crippen LogP contribution in [0, 0.1) is 0 Å². The van der Waals surface area contributed by atoms with Gasteiger partial charge in [0.1, 0.15) is 0 Å². The number of guanidine groups is 1. The molecule has 0 fully saturated rings. The molecule has 1 amide bonds. The fourth-order valence-electron chi connectivity index (χ4n) is 2.25. The monoisotopic (exact) mass is 402 g/mol. The van der Waals surface area contributed by atoms with Crippen molar-refractivity contribution in [1.29, 1.82) is 0 Å². The van der Waals surface area contributed by atoms with Crippen LogP contribution in [0.3, 0.4) is 0 Å². The van der Waals surface area contributed by atoms with Crippen LogP contribution in [0.25, 0.3) is 0 Å². The van der Waals surface area contributed by atoms with E-state index in [4.69, 9.17) is 0 Å². The summed E-state index contributed by atoms with van der Waals surface area (Å²) in [5.74, 6) is 0.648. The Morgan fingerprint density at radius 1 is 0.920 bits per heavy atom. The van der Waals surface area contributed by atoms with Gasteiger partial charge in [-0.3, -0.25) is 9.79 Å². The van der Waals surface area contributed by atoms with Gasteiger partial charge >= 0.3 is 0 Å². The van der Waals surface area contributed by atoms with Gasteiger partial charge in [0.05, 0.1) is 0 Å². The quantitative estimate of drug-likeness (QED) is 0.378. The van der Waals surface area contributed by atoms with Crippen LogP contribution in [0.2, 0.25) is 0 Å². The highest BCUT2D eigenvalue weighted by molar-refractivity contribution is 9.10. The molecule has 0 aliphatic carbocycles. The number of hydrogen-bond donors (Lipinski definition) is 3. The summed E-state index contributed by atoms with van der Waals surface area (Å²) in [6.45, 7) is 1.93. The lowest BCUT2D eigenvalue weighted by Gasteiger charge is -2.12.